The predicted octanol–water partition coefficient (Wildman–Crippen LogP) is 3.29. The second kappa shape index (κ2) is 6.37. The van der Waals surface area contributed by atoms with Gasteiger partial charge in [0.25, 0.3) is 0 Å². The Bertz CT molecular complexity index is 373. The summed E-state index contributed by atoms with van der Waals surface area (Å²) in [5.74, 6) is 0. The smallest absolute Gasteiger partial charge is 0.0628 e. The maximum absolute atomic E-state index is 5.62. The van der Waals surface area contributed by atoms with Gasteiger partial charge in [0.1, 0.15) is 0 Å². The van der Waals surface area contributed by atoms with Gasteiger partial charge in [-0.15, -0.1) is 0 Å². The quantitative estimate of drug-likeness (QED) is 0.832. The van der Waals surface area contributed by atoms with Crippen LogP contribution in [-0.2, 0) is 6.42 Å². The highest BCUT2D eigenvalue weighted by molar-refractivity contribution is 5.25. The Kier molecular flexibility index (Phi) is 4.81. The van der Waals surface area contributed by atoms with Gasteiger partial charge in [-0.05, 0) is 51.6 Å². The van der Waals surface area contributed by atoms with E-state index in [2.05, 4.69) is 18.5 Å². The van der Waals surface area contributed by atoms with Crippen LogP contribution in [0.3, 0.4) is 0 Å². The van der Waals surface area contributed by atoms with Gasteiger partial charge in [0.05, 0.1) is 11.7 Å². The highest BCUT2D eigenvalue weighted by Crippen LogP contribution is 2.29. The number of aromatic nitrogens is 2. The highest BCUT2D eigenvalue weighted by Gasteiger charge is 2.19. The van der Waals surface area contributed by atoms with Crippen molar-refractivity contribution in [3.8, 4) is 0 Å². The molecule has 0 saturated heterocycles. The van der Waals surface area contributed by atoms with Crippen LogP contribution in [0.4, 0.5) is 0 Å². The van der Waals surface area contributed by atoms with E-state index in [9.17, 15) is 0 Å². The Morgan fingerprint density at radius 3 is 2.44 bits per heavy atom. The van der Waals surface area contributed by atoms with Gasteiger partial charge in [0.15, 0.2) is 0 Å². The first-order valence-corrected chi connectivity index (χ1v) is 7.48. The summed E-state index contributed by atoms with van der Waals surface area (Å²) in [5, 5.41) is 4.80. The maximum atomic E-state index is 5.62. The summed E-state index contributed by atoms with van der Waals surface area (Å²) in [4.78, 5) is 0. The van der Waals surface area contributed by atoms with Crippen molar-refractivity contribution in [1.82, 2.24) is 9.78 Å². The summed E-state index contributed by atoms with van der Waals surface area (Å²) in [7, 11) is 0. The van der Waals surface area contributed by atoms with E-state index in [4.69, 9.17) is 10.8 Å². The Labute approximate surface area is 111 Å². The SMILES string of the molecule is Cc1nn(C2CCCCCC2)c(C)c1CCCN. The third kappa shape index (κ3) is 2.94. The van der Waals surface area contributed by atoms with Crippen molar-refractivity contribution < 1.29 is 0 Å². The molecule has 0 atom stereocenters. The molecule has 0 aromatic carbocycles. The van der Waals surface area contributed by atoms with Gasteiger partial charge < -0.3 is 5.73 Å². The predicted molar refractivity (Wildman–Crippen MR) is 75.8 cm³/mol. The Balaban J connectivity index is 2.16. The van der Waals surface area contributed by atoms with Gasteiger partial charge >= 0.3 is 0 Å². The van der Waals surface area contributed by atoms with Gasteiger partial charge in [-0.3, -0.25) is 4.68 Å². The summed E-state index contributed by atoms with van der Waals surface area (Å²) < 4.78 is 2.31. The van der Waals surface area contributed by atoms with Gasteiger partial charge in [0.2, 0.25) is 0 Å². The van der Waals surface area contributed by atoms with Crippen molar-refractivity contribution in [2.45, 2.75) is 71.3 Å². The standard InChI is InChI=1S/C15H27N3/c1-12-15(10-7-11-16)13(2)18(17-12)14-8-5-3-4-6-9-14/h14H,3-11,16H2,1-2H3. The number of hydrogen-bond donors (Lipinski definition) is 1. The fraction of sp³-hybridized carbons (Fsp3) is 0.800. The summed E-state index contributed by atoms with van der Waals surface area (Å²) in [6.45, 7) is 5.15. The molecule has 0 unspecified atom stereocenters. The van der Waals surface area contributed by atoms with Crippen molar-refractivity contribution in [2.24, 2.45) is 5.73 Å². The van der Waals surface area contributed by atoms with Crippen LogP contribution in [0, 0.1) is 13.8 Å². The fourth-order valence-electron chi connectivity index (χ4n) is 3.20. The molecule has 0 amide bonds. The second-order valence-electron chi connectivity index (χ2n) is 5.63. The van der Waals surface area contributed by atoms with Crippen LogP contribution >= 0.6 is 0 Å². The molecule has 18 heavy (non-hydrogen) atoms. The van der Waals surface area contributed by atoms with Crippen molar-refractivity contribution in [1.29, 1.82) is 0 Å². The molecular weight excluding hydrogens is 222 g/mol. The molecule has 1 aromatic heterocycles. The van der Waals surface area contributed by atoms with Gasteiger partial charge in [0, 0.05) is 5.69 Å². The Morgan fingerprint density at radius 2 is 1.83 bits per heavy atom. The highest BCUT2D eigenvalue weighted by atomic mass is 15.3. The number of nitrogens with two attached hydrogens (primary N) is 1. The first-order valence-electron chi connectivity index (χ1n) is 7.48. The average Bonchev–Trinajstić information content (AvgIpc) is 2.60. The normalized spacial score (nSPS) is 17.9. The molecule has 0 spiro atoms. The van der Waals surface area contributed by atoms with Crippen molar-refractivity contribution in [3.05, 3.63) is 17.0 Å². The van der Waals surface area contributed by atoms with E-state index in [0.29, 0.717) is 6.04 Å². The fourth-order valence-corrected chi connectivity index (χ4v) is 3.20. The topological polar surface area (TPSA) is 43.8 Å². The minimum atomic E-state index is 0.637. The lowest BCUT2D eigenvalue weighted by Gasteiger charge is -2.17. The van der Waals surface area contributed by atoms with Crippen LogP contribution in [0.25, 0.3) is 0 Å². The van der Waals surface area contributed by atoms with E-state index in [-0.39, 0.29) is 0 Å². The van der Waals surface area contributed by atoms with Crippen LogP contribution in [0.15, 0.2) is 0 Å². The molecule has 1 aliphatic carbocycles. The molecule has 1 saturated carbocycles. The van der Waals surface area contributed by atoms with Gasteiger partial charge in [-0.25, -0.2) is 0 Å². The second-order valence-corrected chi connectivity index (χ2v) is 5.63. The van der Waals surface area contributed by atoms with Crippen LogP contribution < -0.4 is 5.73 Å². The van der Waals surface area contributed by atoms with E-state index in [0.717, 1.165) is 19.4 Å². The van der Waals surface area contributed by atoms with Crippen molar-refractivity contribution in [3.63, 3.8) is 0 Å². The monoisotopic (exact) mass is 249 g/mol. The number of rotatable bonds is 4. The zero-order valence-corrected chi connectivity index (χ0v) is 11.9. The van der Waals surface area contributed by atoms with Crippen molar-refractivity contribution >= 4 is 0 Å². The molecule has 2 rings (SSSR count). The molecule has 1 aliphatic rings. The van der Waals surface area contributed by atoms with Crippen LogP contribution in [-0.4, -0.2) is 16.3 Å². The average molecular weight is 249 g/mol. The molecule has 1 heterocycles. The molecule has 2 N–H and O–H groups in total. The third-order valence-electron chi connectivity index (χ3n) is 4.28. The summed E-state index contributed by atoms with van der Waals surface area (Å²) in [6.07, 6.45) is 10.3. The molecule has 0 bridgehead atoms. The van der Waals surface area contributed by atoms with Gasteiger partial charge in [-0.2, -0.15) is 5.10 Å². The molecule has 1 fully saturated rings. The third-order valence-corrected chi connectivity index (χ3v) is 4.28. The van der Waals surface area contributed by atoms with Crippen LogP contribution in [0.1, 0.15) is 67.9 Å². The zero-order chi connectivity index (χ0) is 13.0. The number of hydrogen-bond acceptors (Lipinski definition) is 2. The summed E-state index contributed by atoms with van der Waals surface area (Å²) in [6, 6.07) is 0.637. The molecule has 1 aromatic rings. The Morgan fingerprint density at radius 1 is 1.17 bits per heavy atom. The number of aryl methyl sites for hydroxylation is 1. The van der Waals surface area contributed by atoms with Gasteiger partial charge in [-0.1, -0.05) is 25.7 Å². The zero-order valence-electron chi connectivity index (χ0n) is 11.9. The molecule has 3 heteroatoms. The summed E-state index contributed by atoms with van der Waals surface area (Å²) >= 11 is 0. The molecule has 3 nitrogen and oxygen atoms in total. The molecule has 102 valence electrons. The van der Waals surface area contributed by atoms with E-state index in [1.54, 1.807) is 0 Å². The number of nitrogens with zero attached hydrogens (tertiary/aromatic N) is 2. The lowest BCUT2D eigenvalue weighted by Crippen LogP contribution is -2.12. The minimum absolute atomic E-state index is 0.637. The largest absolute Gasteiger partial charge is 0.330 e. The van der Waals surface area contributed by atoms with Crippen molar-refractivity contribution in [2.75, 3.05) is 6.54 Å². The lowest BCUT2D eigenvalue weighted by molar-refractivity contribution is 0.396. The van der Waals surface area contributed by atoms with E-state index in [1.165, 1.54) is 55.5 Å². The summed E-state index contributed by atoms with van der Waals surface area (Å²) in [5.41, 5.74) is 9.65. The molecule has 0 radical (unpaired) electrons. The first kappa shape index (κ1) is 13.6. The molecular formula is C15H27N3. The maximum Gasteiger partial charge on any atom is 0.0628 e. The van der Waals surface area contributed by atoms with E-state index >= 15 is 0 Å². The minimum Gasteiger partial charge on any atom is -0.330 e. The Hall–Kier alpha value is -0.830. The molecule has 0 aliphatic heterocycles. The van der Waals surface area contributed by atoms with E-state index < -0.39 is 0 Å². The first-order chi connectivity index (χ1) is 8.74. The van der Waals surface area contributed by atoms with Crippen LogP contribution in [0.5, 0.6) is 0 Å². The van der Waals surface area contributed by atoms with Crippen LogP contribution in [0.2, 0.25) is 0 Å². The lowest BCUT2D eigenvalue weighted by atomic mass is 10.1. The van der Waals surface area contributed by atoms with E-state index in [1.807, 2.05) is 0 Å².